The van der Waals surface area contributed by atoms with E-state index in [9.17, 15) is 0 Å². The van der Waals surface area contributed by atoms with Crippen molar-refractivity contribution in [1.29, 1.82) is 0 Å². The number of hydrogen-bond acceptors (Lipinski definition) is 3. The number of nitrogens with zero attached hydrogens (tertiary/aromatic N) is 2. The minimum Gasteiger partial charge on any atom is -0.456 e. The van der Waals surface area contributed by atoms with Crippen LogP contribution < -0.4 is 4.74 Å². The summed E-state index contributed by atoms with van der Waals surface area (Å²) in [5.74, 6) is 2.43. The van der Waals surface area contributed by atoms with Crippen LogP contribution in [0.15, 0.2) is 158 Å². The molecule has 1 aliphatic rings. The van der Waals surface area contributed by atoms with Crippen molar-refractivity contribution in [3.8, 4) is 67.7 Å². The topological polar surface area (TPSA) is 35.0 Å². The Kier molecular flexibility index (Phi) is 5.82. The van der Waals surface area contributed by atoms with Crippen molar-refractivity contribution in [2.45, 2.75) is 0 Å². The minimum atomic E-state index is 0.702. The number of ether oxygens (including phenoxy) is 1. The summed E-state index contributed by atoms with van der Waals surface area (Å²) in [5.41, 5.74) is 9.42. The SMILES string of the molecule is c1ccc(-c2cc(-c3ccc4c(c3)-c3cccc5c(-c6ccc7ccccc7c6)ccc(c35)O4)nc(-c3ccccc3)n2)cc1. The lowest BCUT2D eigenvalue weighted by molar-refractivity contribution is 0.487. The highest BCUT2D eigenvalue weighted by Crippen LogP contribution is 2.49. The molecule has 210 valence electrons. The Morgan fingerprint density at radius 2 is 1.07 bits per heavy atom. The van der Waals surface area contributed by atoms with Crippen LogP contribution in [0.3, 0.4) is 0 Å². The van der Waals surface area contributed by atoms with E-state index in [4.69, 9.17) is 14.7 Å². The third-order valence-corrected chi connectivity index (χ3v) is 8.68. The van der Waals surface area contributed by atoms with E-state index < -0.39 is 0 Å². The molecule has 2 heterocycles. The number of aromatic nitrogens is 2. The second-order valence-corrected chi connectivity index (χ2v) is 11.4. The van der Waals surface area contributed by atoms with E-state index >= 15 is 0 Å². The highest BCUT2D eigenvalue weighted by atomic mass is 16.5. The van der Waals surface area contributed by atoms with Gasteiger partial charge in [-0.25, -0.2) is 9.97 Å². The molecule has 0 N–H and O–H groups in total. The zero-order valence-corrected chi connectivity index (χ0v) is 24.3. The van der Waals surface area contributed by atoms with Gasteiger partial charge in [-0.2, -0.15) is 0 Å². The van der Waals surface area contributed by atoms with Crippen molar-refractivity contribution in [2.75, 3.05) is 0 Å². The highest BCUT2D eigenvalue weighted by Gasteiger charge is 2.23. The van der Waals surface area contributed by atoms with E-state index in [1.54, 1.807) is 0 Å². The molecule has 9 rings (SSSR count). The molecule has 0 fully saturated rings. The van der Waals surface area contributed by atoms with Gasteiger partial charge in [0.05, 0.1) is 11.4 Å². The normalized spacial score (nSPS) is 11.7. The van der Waals surface area contributed by atoms with Crippen molar-refractivity contribution in [3.05, 3.63) is 158 Å². The summed E-state index contributed by atoms with van der Waals surface area (Å²) in [4.78, 5) is 10.0. The first-order chi connectivity index (χ1) is 22.3. The fraction of sp³-hybridized carbons (Fsp3) is 0. The third kappa shape index (κ3) is 4.37. The molecular formula is C42H26N2O. The van der Waals surface area contributed by atoms with Gasteiger partial charge in [-0.15, -0.1) is 0 Å². The van der Waals surface area contributed by atoms with Crippen LogP contribution in [-0.2, 0) is 0 Å². The maximum absolute atomic E-state index is 6.55. The van der Waals surface area contributed by atoms with Gasteiger partial charge in [-0.3, -0.25) is 0 Å². The van der Waals surface area contributed by atoms with E-state index in [1.807, 2.05) is 36.4 Å². The predicted molar refractivity (Wildman–Crippen MR) is 184 cm³/mol. The van der Waals surface area contributed by atoms with Gasteiger partial charge in [0.1, 0.15) is 11.5 Å². The van der Waals surface area contributed by atoms with Gasteiger partial charge >= 0.3 is 0 Å². The van der Waals surface area contributed by atoms with E-state index in [0.717, 1.165) is 56.1 Å². The van der Waals surface area contributed by atoms with Gasteiger partial charge in [0, 0.05) is 27.6 Å². The zero-order chi connectivity index (χ0) is 29.7. The number of benzene rings is 7. The lowest BCUT2D eigenvalue weighted by Gasteiger charge is -2.23. The number of hydrogen-bond donors (Lipinski definition) is 0. The van der Waals surface area contributed by atoms with Crippen LogP contribution >= 0.6 is 0 Å². The average Bonchev–Trinajstić information content (AvgIpc) is 3.12. The van der Waals surface area contributed by atoms with Gasteiger partial charge in [-0.05, 0) is 69.2 Å². The zero-order valence-electron chi connectivity index (χ0n) is 24.3. The maximum atomic E-state index is 6.55. The summed E-state index contributed by atoms with van der Waals surface area (Å²) in [7, 11) is 0. The molecule has 0 spiro atoms. The Labute approximate surface area is 261 Å². The van der Waals surface area contributed by atoms with Crippen LogP contribution in [0, 0.1) is 0 Å². The summed E-state index contributed by atoms with van der Waals surface area (Å²) in [6, 6.07) is 54.9. The Morgan fingerprint density at radius 1 is 0.378 bits per heavy atom. The molecule has 0 radical (unpaired) electrons. The van der Waals surface area contributed by atoms with E-state index in [0.29, 0.717) is 5.82 Å². The number of fused-ring (bicyclic) bond motifs is 3. The van der Waals surface area contributed by atoms with Crippen LogP contribution in [-0.4, -0.2) is 9.97 Å². The molecule has 0 bridgehead atoms. The Hall–Kier alpha value is -6.06. The molecule has 0 unspecified atom stereocenters. The Bertz CT molecular complexity index is 2340. The molecule has 3 nitrogen and oxygen atoms in total. The number of rotatable bonds is 4. The molecule has 1 aliphatic heterocycles. The van der Waals surface area contributed by atoms with E-state index in [-0.39, 0.29) is 0 Å². The summed E-state index contributed by atoms with van der Waals surface area (Å²) in [6.07, 6.45) is 0. The van der Waals surface area contributed by atoms with Gasteiger partial charge < -0.3 is 4.74 Å². The fourth-order valence-electron chi connectivity index (χ4n) is 6.47. The second-order valence-electron chi connectivity index (χ2n) is 11.4. The van der Waals surface area contributed by atoms with Gasteiger partial charge in [0.15, 0.2) is 5.82 Å². The molecule has 0 saturated heterocycles. The molecule has 7 aromatic carbocycles. The Morgan fingerprint density at radius 3 is 1.89 bits per heavy atom. The van der Waals surface area contributed by atoms with Crippen LogP contribution in [0.1, 0.15) is 0 Å². The summed E-state index contributed by atoms with van der Waals surface area (Å²) >= 11 is 0. The smallest absolute Gasteiger partial charge is 0.160 e. The summed E-state index contributed by atoms with van der Waals surface area (Å²) in [6.45, 7) is 0. The molecule has 3 heteroatoms. The first kappa shape index (κ1) is 25.4. The maximum Gasteiger partial charge on any atom is 0.160 e. The van der Waals surface area contributed by atoms with E-state index in [1.165, 1.54) is 27.3 Å². The second kappa shape index (κ2) is 10.3. The Balaban J connectivity index is 1.21. The lowest BCUT2D eigenvalue weighted by atomic mass is 9.89. The van der Waals surface area contributed by atoms with Crippen molar-refractivity contribution in [3.63, 3.8) is 0 Å². The standard InChI is InChI=1S/C42H26N2O/c1-3-11-28(12-4-1)37-26-38(44-42(43-37)29-13-5-2-6-14-29)32-20-22-39-36(25-32)35-17-9-16-34-33(21-23-40(45-39)41(34)35)31-19-18-27-10-7-8-15-30(27)24-31/h1-26H. The average molecular weight is 575 g/mol. The fourth-order valence-corrected chi connectivity index (χ4v) is 6.47. The van der Waals surface area contributed by atoms with Crippen LogP contribution in [0.4, 0.5) is 0 Å². The molecule has 45 heavy (non-hydrogen) atoms. The molecular weight excluding hydrogens is 548 g/mol. The summed E-state index contributed by atoms with van der Waals surface area (Å²) < 4.78 is 6.55. The van der Waals surface area contributed by atoms with Crippen molar-refractivity contribution < 1.29 is 4.74 Å². The van der Waals surface area contributed by atoms with E-state index in [2.05, 4.69) is 121 Å². The van der Waals surface area contributed by atoms with Crippen molar-refractivity contribution in [2.24, 2.45) is 0 Å². The van der Waals surface area contributed by atoms with Gasteiger partial charge in [0.25, 0.3) is 0 Å². The molecule has 0 aliphatic carbocycles. The largest absolute Gasteiger partial charge is 0.456 e. The molecule has 1 aromatic heterocycles. The quantitative estimate of drug-likeness (QED) is 0.210. The minimum absolute atomic E-state index is 0.702. The van der Waals surface area contributed by atoms with Gasteiger partial charge in [-0.1, -0.05) is 121 Å². The van der Waals surface area contributed by atoms with Gasteiger partial charge in [0.2, 0.25) is 0 Å². The van der Waals surface area contributed by atoms with Crippen molar-refractivity contribution in [1.82, 2.24) is 9.97 Å². The van der Waals surface area contributed by atoms with Crippen LogP contribution in [0.25, 0.3) is 77.7 Å². The summed E-state index contributed by atoms with van der Waals surface area (Å²) in [5, 5.41) is 4.78. The monoisotopic (exact) mass is 574 g/mol. The molecule has 0 saturated carbocycles. The molecule has 0 amide bonds. The van der Waals surface area contributed by atoms with Crippen LogP contribution in [0.5, 0.6) is 11.5 Å². The predicted octanol–water partition coefficient (Wildman–Crippen LogP) is 11.2. The highest BCUT2D eigenvalue weighted by molar-refractivity contribution is 6.10. The van der Waals surface area contributed by atoms with Crippen LogP contribution in [0.2, 0.25) is 0 Å². The molecule has 8 aromatic rings. The first-order valence-electron chi connectivity index (χ1n) is 15.2. The lowest BCUT2D eigenvalue weighted by Crippen LogP contribution is -1.99. The molecule has 0 atom stereocenters. The first-order valence-corrected chi connectivity index (χ1v) is 15.2. The van der Waals surface area contributed by atoms with Crippen molar-refractivity contribution >= 4 is 21.5 Å². The third-order valence-electron chi connectivity index (χ3n) is 8.68.